The molecule has 0 heterocycles. The van der Waals surface area contributed by atoms with Gasteiger partial charge in [-0.25, -0.2) is 0 Å². The number of aliphatic hydroxyl groups excluding tert-OH is 1. The van der Waals surface area contributed by atoms with Crippen LogP contribution in [0.15, 0.2) is 17.1 Å². The third kappa shape index (κ3) is 3.35. The van der Waals surface area contributed by atoms with Crippen molar-refractivity contribution in [2.24, 2.45) is 4.99 Å². The molecule has 0 saturated heterocycles. The molecule has 0 unspecified atom stereocenters. The molecule has 0 aliphatic rings. The molecule has 5 nitrogen and oxygen atoms in total. The number of methoxy groups -OCH3 is 3. The lowest BCUT2D eigenvalue weighted by molar-refractivity contribution is 0.307. The van der Waals surface area contributed by atoms with Gasteiger partial charge in [0.1, 0.15) is 17.2 Å². The Balaban J connectivity index is 3.15. The van der Waals surface area contributed by atoms with Crippen molar-refractivity contribution in [3.05, 3.63) is 17.7 Å². The summed E-state index contributed by atoms with van der Waals surface area (Å²) in [6.45, 7) is 0.357. The lowest BCUT2D eigenvalue weighted by Gasteiger charge is -2.12. The van der Waals surface area contributed by atoms with Gasteiger partial charge in [0.15, 0.2) is 0 Å². The lowest BCUT2D eigenvalue weighted by atomic mass is 10.2. The number of aliphatic imine (C=N–C) groups is 1. The van der Waals surface area contributed by atoms with Gasteiger partial charge in [0.05, 0.1) is 40.0 Å². The average Bonchev–Trinajstić information content (AvgIpc) is 2.38. The maximum Gasteiger partial charge on any atom is 0.135 e. The second-order valence-corrected chi connectivity index (χ2v) is 3.20. The molecule has 0 atom stereocenters. The van der Waals surface area contributed by atoms with E-state index in [1.807, 2.05) is 0 Å². The molecule has 0 aliphatic carbocycles. The van der Waals surface area contributed by atoms with E-state index in [1.165, 1.54) is 0 Å². The van der Waals surface area contributed by atoms with E-state index in [9.17, 15) is 0 Å². The SMILES string of the molecule is COc1cc(OC)c(/C=N/CCO)c(OC)c1. The first-order valence-electron chi connectivity index (χ1n) is 5.17. The Hall–Kier alpha value is -1.75. The van der Waals surface area contributed by atoms with E-state index in [2.05, 4.69) is 4.99 Å². The Morgan fingerprint density at radius 1 is 1.12 bits per heavy atom. The molecule has 0 aromatic heterocycles. The first-order chi connectivity index (χ1) is 8.26. The van der Waals surface area contributed by atoms with Crippen molar-refractivity contribution >= 4 is 6.21 Å². The van der Waals surface area contributed by atoms with Gasteiger partial charge in [-0.05, 0) is 0 Å². The molecule has 1 rings (SSSR count). The third-order valence-electron chi connectivity index (χ3n) is 2.20. The Labute approximate surface area is 101 Å². The van der Waals surface area contributed by atoms with Gasteiger partial charge in [-0.1, -0.05) is 0 Å². The molecule has 17 heavy (non-hydrogen) atoms. The van der Waals surface area contributed by atoms with Gasteiger partial charge in [0, 0.05) is 18.3 Å². The molecular formula is C12H17NO4. The van der Waals surface area contributed by atoms with Crippen molar-refractivity contribution in [2.75, 3.05) is 34.5 Å². The maximum atomic E-state index is 8.68. The Morgan fingerprint density at radius 3 is 2.12 bits per heavy atom. The minimum atomic E-state index is 0.0112. The maximum absolute atomic E-state index is 8.68. The first kappa shape index (κ1) is 13.3. The van der Waals surface area contributed by atoms with Crippen LogP contribution in [0.1, 0.15) is 5.56 Å². The normalized spacial score (nSPS) is 10.6. The molecule has 94 valence electrons. The molecule has 0 amide bonds. The summed E-state index contributed by atoms with van der Waals surface area (Å²) >= 11 is 0. The number of hydrogen-bond acceptors (Lipinski definition) is 5. The standard InChI is InChI=1S/C12H17NO4/c1-15-9-6-11(16-2)10(8-13-4-5-14)12(7-9)17-3/h6-8,14H,4-5H2,1-3H3/b13-8+. The summed E-state index contributed by atoms with van der Waals surface area (Å²) in [6, 6.07) is 3.51. The highest BCUT2D eigenvalue weighted by Crippen LogP contribution is 2.32. The molecule has 0 bridgehead atoms. The van der Waals surface area contributed by atoms with Crippen molar-refractivity contribution in [1.29, 1.82) is 0 Å². The quantitative estimate of drug-likeness (QED) is 0.756. The van der Waals surface area contributed by atoms with E-state index >= 15 is 0 Å². The fourth-order valence-electron chi connectivity index (χ4n) is 1.37. The minimum Gasteiger partial charge on any atom is -0.496 e. The Morgan fingerprint density at radius 2 is 1.71 bits per heavy atom. The van der Waals surface area contributed by atoms with E-state index in [4.69, 9.17) is 19.3 Å². The Kier molecular flexibility index (Phi) is 5.29. The van der Waals surface area contributed by atoms with Gasteiger partial charge in [-0.2, -0.15) is 0 Å². The van der Waals surface area contributed by atoms with Crippen LogP contribution >= 0.6 is 0 Å². The monoisotopic (exact) mass is 239 g/mol. The average molecular weight is 239 g/mol. The van der Waals surface area contributed by atoms with E-state index in [0.29, 0.717) is 23.8 Å². The van der Waals surface area contributed by atoms with Crippen LogP contribution in [0.25, 0.3) is 0 Å². The predicted molar refractivity (Wildman–Crippen MR) is 65.6 cm³/mol. The van der Waals surface area contributed by atoms with Crippen LogP contribution in [0, 0.1) is 0 Å². The molecule has 1 aromatic rings. The summed E-state index contributed by atoms with van der Waals surface area (Å²) in [4.78, 5) is 4.06. The lowest BCUT2D eigenvalue weighted by Crippen LogP contribution is -1.98. The minimum absolute atomic E-state index is 0.0112. The van der Waals surface area contributed by atoms with Gasteiger partial charge < -0.3 is 19.3 Å². The zero-order valence-electron chi connectivity index (χ0n) is 10.3. The van der Waals surface area contributed by atoms with Crippen LogP contribution in [0.2, 0.25) is 0 Å². The van der Waals surface area contributed by atoms with Crippen LogP contribution < -0.4 is 14.2 Å². The van der Waals surface area contributed by atoms with Crippen LogP contribution in [-0.4, -0.2) is 45.8 Å². The number of ether oxygens (including phenoxy) is 3. The van der Waals surface area contributed by atoms with E-state index in [1.54, 1.807) is 39.7 Å². The van der Waals surface area contributed by atoms with Crippen molar-refractivity contribution < 1.29 is 19.3 Å². The van der Waals surface area contributed by atoms with E-state index < -0.39 is 0 Å². The highest BCUT2D eigenvalue weighted by atomic mass is 16.5. The molecule has 5 heteroatoms. The smallest absolute Gasteiger partial charge is 0.135 e. The summed E-state index contributed by atoms with van der Waals surface area (Å²) in [5, 5.41) is 8.68. The first-order valence-corrected chi connectivity index (χ1v) is 5.17. The summed E-state index contributed by atoms with van der Waals surface area (Å²) in [6.07, 6.45) is 1.62. The molecule has 1 N–H and O–H groups in total. The van der Waals surface area contributed by atoms with Gasteiger partial charge in [0.2, 0.25) is 0 Å². The van der Waals surface area contributed by atoms with Crippen LogP contribution in [0.5, 0.6) is 17.2 Å². The molecular weight excluding hydrogens is 222 g/mol. The fraction of sp³-hybridized carbons (Fsp3) is 0.417. The van der Waals surface area contributed by atoms with Crippen LogP contribution in [0.4, 0.5) is 0 Å². The number of aliphatic hydroxyl groups is 1. The zero-order valence-corrected chi connectivity index (χ0v) is 10.3. The molecule has 0 spiro atoms. The van der Waals surface area contributed by atoms with Gasteiger partial charge in [0.25, 0.3) is 0 Å². The van der Waals surface area contributed by atoms with Gasteiger partial charge >= 0.3 is 0 Å². The largest absolute Gasteiger partial charge is 0.496 e. The second-order valence-electron chi connectivity index (χ2n) is 3.20. The summed E-state index contributed by atoms with van der Waals surface area (Å²) in [7, 11) is 4.71. The Bertz CT molecular complexity index is 365. The van der Waals surface area contributed by atoms with Crippen molar-refractivity contribution in [1.82, 2.24) is 0 Å². The van der Waals surface area contributed by atoms with E-state index in [-0.39, 0.29) is 6.61 Å². The molecule has 0 saturated carbocycles. The number of benzene rings is 1. The molecule has 1 aromatic carbocycles. The molecule has 0 fully saturated rings. The van der Waals surface area contributed by atoms with Crippen molar-refractivity contribution in [2.45, 2.75) is 0 Å². The summed E-state index contributed by atoms with van der Waals surface area (Å²) in [5.41, 5.74) is 0.726. The topological polar surface area (TPSA) is 60.3 Å². The van der Waals surface area contributed by atoms with Crippen LogP contribution in [0.3, 0.4) is 0 Å². The molecule has 0 aliphatic heterocycles. The summed E-state index contributed by atoms with van der Waals surface area (Å²) in [5.74, 6) is 1.88. The highest BCUT2D eigenvalue weighted by molar-refractivity contribution is 5.88. The number of hydrogen-bond donors (Lipinski definition) is 1. The molecule has 0 radical (unpaired) electrons. The number of nitrogens with zero attached hydrogens (tertiary/aromatic N) is 1. The third-order valence-corrected chi connectivity index (χ3v) is 2.20. The van der Waals surface area contributed by atoms with Crippen molar-refractivity contribution in [3.63, 3.8) is 0 Å². The van der Waals surface area contributed by atoms with E-state index in [0.717, 1.165) is 5.56 Å². The van der Waals surface area contributed by atoms with Crippen LogP contribution in [-0.2, 0) is 0 Å². The highest BCUT2D eigenvalue weighted by Gasteiger charge is 2.10. The van der Waals surface area contributed by atoms with Gasteiger partial charge in [-0.3, -0.25) is 4.99 Å². The zero-order chi connectivity index (χ0) is 12.7. The van der Waals surface area contributed by atoms with Crippen molar-refractivity contribution in [3.8, 4) is 17.2 Å². The number of rotatable bonds is 6. The van der Waals surface area contributed by atoms with Gasteiger partial charge in [-0.15, -0.1) is 0 Å². The second kappa shape index (κ2) is 6.75. The fourth-order valence-corrected chi connectivity index (χ4v) is 1.37. The summed E-state index contributed by atoms with van der Waals surface area (Å²) < 4.78 is 15.6. The predicted octanol–water partition coefficient (Wildman–Crippen LogP) is 1.12.